The highest BCUT2D eigenvalue weighted by Crippen LogP contribution is 2.21. The molecule has 1 N–H and O–H groups in total. The van der Waals surface area contributed by atoms with Gasteiger partial charge in [0, 0.05) is 18.8 Å². The van der Waals surface area contributed by atoms with E-state index in [1.807, 2.05) is 18.2 Å². The van der Waals surface area contributed by atoms with Gasteiger partial charge in [0.15, 0.2) is 0 Å². The van der Waals surface area contributed by atoms with Gasteiger partial charge in [-0.05, 0) is 28.8 Å². The predicted molar refractivity (Wildman–Crippen MR) is 87.0 cm³/mol. The Kier molecular flexibility index (Phi) is 3.96. The van der Waals surface area contributed by atoms with Gasteiger partial charge in [0.1, 0.15) is 0 Å². The van der Waals surface area contributed by atoms with E-state index in [1.165, 1.54) is 22.4 Å². The van der Waals surface area contributed by atoms with Crippen LogP contribution < -0.4 is 5.32 Å². The number of nitrogens with one attached hydrogen (secondary N) is 1. The Morgan fingerprint density at radius 2 is 1.86 bits per heavy atom. The van der Waals surface area contributed by atoms with Crippen LogP contribution in [0.5, 0.6) is 0 Å². The van der Waals surface area contributed by atoms with E-state index in [2.05, 4.69) is 34.6 Å². The monoisotopic (exact) mass is 293 g/mol. The molecule has 0 saturated carbocycles. The normalized spacial score (nSPS) is 10.5. The summed E-state index contributed by atoms with van der Waals surface area (Å²) in [6, 6.07) is 17.4. The third-order valence-corrected chi connectivity index (χ3v) is 3.55. The van der Waals surface area contributed by atoms with Crippen molar-refractivity contribution < 1.29 is 4.92 Å². The van der Waals surface area contributed by atoms with E-state index in [-0.39, 0.29) is 5.69 Å². The fourth-order valence-corrected chi connectivity index (χ4v) is 2.51. The summed E-state index contributed by atoms with van der Waals surface area (Å²) in [5, 5.41) is 16.4. The number of benzene rings is 2. The number of aromatic nitrogens is 1. The maximum atomic E-state index is 11.0. The summed E-state index contributed by atoms with van der Waals surface area (Å²) in [6.07, 6.45) is 2.32. The van der Waals surface area contributed by atoms with E-state index in [4.69, 9.17) is 0 Å². The number of nitro groups is 1. The Morgan fingerprint density at radius 1 is 1.05 bits per heavy atom. The maximum absolute atomic E-state index is 11.0. The fraction of sp³-hybridized carbons (Fsp3) is 0.118. The molecule has 0 bridgehead atoms. The number of nitrogens with zero attached hydrogens (tertiary/aromatic N) is 2. The van der Waals surface area contributed by atoms with Gasteiger partial charge in [-0.25, -0.2) is 4.98 Å². The lowest BCUT2D eigenvalue weighted by Crippen LogP contribution is -2.08. The summed E-state index contributed by atoms with van der Waals surface area (Å²) in [6.45, 7) is 0.589. The number of anilines is 1. The zero-order valence-electron chi connectivity index (χ0n) is 11.9. The van der Waals surface area contributed by atoms with Crippen molar-refractivity contribution in [1.29, 1.82) is 0 Å². The predicted octanol–water partition coefficient (Wildman–Crippen LogP) is 3.80. The quantitative estimate of drug-likeness (QED) is 0.574. The Hall–Kier alpha value is -2.95. The Balaban J connectivity index is 1.74. The number of hydrogen-bond acceptors (Lipinski definition) is 4. The van der Waals surface area contributed by atoms with Crippen LogP contribution in [0.1, 0.15) is 5.56 Å². The Morgan fingerprint density at radius 3 is 2.73 bits per heavy atom. The molecule has 0 saturated heterocycles. The molecule has 0 atom stereocenters. The van der Waals surface area contributed by atoms with Crippen LogP contribution in [-0.2, 0) is 6.42 Å². The van der Waals surface area contributed by atoms with Crippen LogP contribution in [0.2, 0.25) is 0 Å². The number of pyridine rings is 1. The highest BCUT2D eigenvalue weighted by molar-refractivity contribution is 5.85. The molecule has 0 unspecified atom stereocenters. The molecule has 0 amide bonds. The molecule has 2 aromatic carbocycles. The number of fused-ring (bicyclic) bond motifs is 1. The van der Waals surface area contributed by atoms with Crippen molar-refractivity contribution in [1.82, 2.24) is 4.98 Å². The van der Waals surface area contributed by atoms with E-state index in [9.17, 15) is 10.1 Å². The van der Waals surface area contributed by atoms with Crippen LogP contribution in [-0.4, -0.2) is 16.5 Å². The van der Waals surface area contributed by atoms with Crippen LogP contribution in [0.3, 0.4) is 0 Å². The van der Waals surface area contributed by atoms with Gasteiger partial charge in [-0.3, -0.25) is 10.1 Å². The summed E-state index contributed by atoms with van der Waals surface area (Å²) >= 11 is 0. The molecule has 3 rings (SSSR count). The molecule has 3 aromatic rings. The number of rotatable bonds is 5. The van der Waals surface area contributed by atoms with E-state index >= 15 is 0 Å². The van der Waals surface area contributed by atoms with Gasteiger partial charge in [-0.2, -0.15) is 0 Å². The highest BCUT2D eigenvalue weighted by Gasteiger charge is 2.13. The molecule has 110 valence electrons. The van der Waals surface area contributed by atoms with E-state index in [1.54, 1.807) is 12.3 Å². The largest absolute Gasteiger partial charge is 0.364 e. The highest BCUT2D eigenvalue weighted by atomic mass is 16.6. The molecule has 0 spiro atoms. The van der Waals surface area contributed by atoms with Crippen molar-refractivity contribution in [2.75, 3.05) is 11.9 Å². The second-order valence-corrected chi connectivity index (χ2v) is 4.94. The molecule has 0 aliphatic rings. The fourth-order valence-electron chi connectivity index (χ4n) is 2.51. The zero-order valence-corrected chi connectivity index (χ0v) is 11.9. The molecule has 5 nitrogen and oxygen atoms in total. The second-order valence-electron chi connectivity index (χ2n) is 4.94. The Bertz CT molecular complexity index is 812. The molecular formula is C17H15N3O2. The van der Waals surface area contributed by atoms with Crippen molar-refractivity contribution in [3.05, 3.63) is 76.5 Å². The van der Waals surface area contributed by atoms with Gasteiger partial charge in [0.2, 0.25) is 5.82 Å². The molecular weight excluding hydrogens is 278 g/mol. The first-order chi connectivity index (χ1) is 10.8. The maximum Gasteiger partial charge on any atom is 0.311 e. The van der Waals surface area contributed by atoms with Crippen molar-refractivity contribution in [3.8, 4) is 0 Å². The first kappa shape index (κ1) is 14.0. The lowest BCUT2D eigenvalue weighted by molar-refractivity contribution is -0.384. The van der Waals surface area contributed by atoms with Crippen LogP contribution in [0, 0.1) is 10.1 Å². The topological polar surface area (TPSA) is 68.1 Å². The molecule has 0 aliphatic heterocycles. The van der Waals surface area contributed by atoms with Gasteiger partial charge in [-0.15, -0.1) is 0 Å². The Labute approximate surface area is 127 Å². The second kappa shape index (κ2) is 6.22. The summed E-state index contributed by atoms with van der Waals surface area (Å²) in [5.74, 6) is 0.313. The average molecular weight is 293 g/mol. The van der Waals surface area contributed by atoms with Gasteiger partial charge in [0.05, 0.1) is 4.92 Å². The summed E-state index contributed by atoms with van der Waals surface area (Å²) in [4.78, 5) is 14.6. The minimum absolute atomic E-state index is 0.000389. The molecule has 0 fully saturated rings. The first-order valence-electron chi connectivity index (χ1n) is 7.05. The van der Waals surface area contributed by atoms with Crippen LogP contribution in [0.4, 0.5) is 11.5 Å². The first-order valence-corrected chi connectivity index (χ1v) is 7.05. The summed E-state index contributed by atoms with van der Waals surface area (Å²) in [7, 11) is 0. The van der Waals surface area contributed by atoms with E-state index < -0.39 is 4.92 Å². The van der Waals surface area contributed by atoms with Crippen LogP contribution in [0.15, 0.2) is 60.8 Å². The molecule has 1 heterocycles. The van der Waals surface area contributed by atoms with E-state index in [0.29, 0.717) is 12.4 Å². The lowest BCUT2D eigenvalue weighted by atomic mass is 10.0. The molecule has 0 aliphatic carbocycles. The van der Waals surface area contributed by atoms with Crippen LogP contribution in [0.25, 0.3) is 10.8 Å². The van der Waals surface area contributed by atoms with E-state index in [0.717, 1.165) is 6.42 Å². The van der Waals surface area contributed by atoms with Crippen molar-refractivity contribution >= 4 is 22.3 Å². The molecule has 5 heteroatoms. The average Bonchev–Trinajstić information content (AvgIpc) is 2.55. The molecule has 0 radical (unpaired) electrons. The molecule has 1 aromatic heterocycles. The van der Waals surface area contributed by atoms with Gasteiger partial charge < -0.3 is 5.32 Å². The van der Waals surface area contributed by atoms with Gasteiger partial charge >= 0.3 is 5.69 Å². The standard InChI is InChI=1S/C17H15N3O2/c21-20(22)16-9-4-11-18-17(16)19-12-10-14-7-3-6-13-5-1-2-8-15(13)14/h1-9,11H,10,12H2,(H,18,19). The van der Waals surface area contributed by atoms with Crippen molar-refractivity contribution in [2.24, 2.45) is 0 Å². The number of hydrogen-bond donors (Lipinski definition) is 1. The zero-order chi connectivity index (χ0) is 15.4. The minimum Gasteiger partial charge on any atom is -0.364 e. The van der Waals surface area contributed by atoms with Crippen LogP contribution >= 0.6 is 0 Å². The SMILES string of the molecule is O=[N+]([O-])c1cccnc1NCCc1cccc2ccccc12. The van der Waals surface area contributed by atoms with Crippen molar-refractivity contribution in [2.45, 2.75) is 6.42 Å². The third-order valence-electron chi connectivity index (χ3n) is 3.55. The van der Waals surface area contributed by atoms with Gasteiger partial charge in [0.25, 0.3) is 0 Å². The smallest absolute Gasteiger partial charge is 0.311 e. The summed E-state index contributed by atoms with van der Waals surface area (Å²) < 4.78 is 0. The van der Waals surface area contributed by atoms with Gasteiger partial charge in [-0.1, -0.05) is 42.5 Å². The molecule has 22 heavy (non-hydrogen) atoms. The summed E-state index contributed by atoms with van der Waals surface area (Å²) in [5.41, 5.74) is 1.21. The lowest BCUT2D eigenvalue weighted by Gasteiger charge is -2.08. The third kappa shape index (κ3) is 2.88. The van der Waals surface area contributed by atoms with Crippen molar-refractivity contribution in [3.63, 3.8) is 0 Å². The minimum atomic E-state index is -0.423.